The van der Waals surface area contributed by atoms with Crippen LogP contribution in [0.3, 0.4) is 0 Å². The number of rotatable bonds is 0. The van der Waals surface area contributed by atoms with Crippen molar-refractivity contribution < 1.29 is 44.3 Å². The van der Waals surface area contributed by atoms with E-state index in [0.29, 0.717) is 0 Å². The normalized spacial score (nSPS) is 11.6. The van der Waals surface area contributed by atoms with Gasteiger partial charge in [-0.3, -0.25) is 0 Å². The van der Waals surface area contributed by atoms with Crippen molar-refractivity contribution in [2.75, 3.05) is 0 Å². The zero-order valence-electron chi connectivity index (χ0n) is 6.65. The molecule has 0 atom stereocenters. The fourth-order valence-corrected chi connectivity index (χ4v) is 1.09. The van der Waals surface area contributed by atoms with E-state index in [-0.39, 0.29) is 33.6 Å². The standard InChI is InChI=1S/6CN.Cu.Fe.Ni/c6*1-2;;;. The van der Waals surface area contributed by atoms with Crippen molar-refractivity contribution in [3.8, 4) is 29.8 Å². The SMILES string of the molecule is N#[C][Fe]([C]#N)([C]#N)([C]#N)([C]#N)[C]#N.[Cu].[Ni]. The van der Waals surface area contributed by atoms with Crippen LogP contribution in [0.15, 0.2) is 0 Å². The summed E-state index contributed by atoms with van der Waals surface area (Å²) in [6.07, 6.45) is 0. The number of hydrogen-bond donors (Lipinski definition) is 0. The van der Waals surface area contributed by atoms with E-state index >= 15 is 0 Å². The van der Waals surface area contributed by atoms with Gasteiger partial charge in [-0.25, -0.2) is 0 Å². The molecule has 0 saturated carbocycles. The topological polar surface area (TPSA) is 143 Å². The van der Waals surface area contributed by atoms with Crippen LogP contribution in [0.4, 0.5) is 0 Å². The van der Waals surface area contributed by atoms with Crippen molar-refractivity contribution in [3.63, 3.8) is 0 Å². The van der Waals surface area contributed by atoms with Gasteiger partial charge in [0.25, 0.3) is 0 Å². The third-order valence-corrected chi connectivity index (χ3v) is 4.89. The molecule has 0 rings (SSSR count). The van der Waals surface area contributed by atoms with E-state index in [1.165, 1.54) is 0 Å². The maximum atomic E-state index is 8.58. The molecule has 9 heteroatoms. The van der Waals surface area contributed by atoms with E-state index in [2.05, 4.69) is 0 Å². The zero-order valence-corrected chi connectivity index (χ0v) is 9.69. The first-order valence-electron chi connectivity index (χ1n) is 2.40. The van der Waals surface area contributed by atoms with Crippen molar-refractivity contribution in [1.29, 1.82) is 31.6 Å². The number of nitriles is 6. The van der Waals surface area contributed by atoms with Crippen LogP contribution in [-0.2, 0) is 44.3 Å². The fourth-order valence-electron chi connectivity index (χ4n) is 0.265. The fraction of sp³-hybridized carbons (Fsp3) is 0. The van der Waals surface area contributed by atoms with Crippen molar-refractivity contribution >= 4 is 0 Å². The molecule has 0 aromatic carbocycles. The Morgan fingerprint density at radius 1 is 0.533 bits per heavy atom. The molecule has 83 valence electrons. The third-order valence-electron chi connectivity index (χ3n) is 1.19. The van der Waals surface area contributed by atoms with Crippen LogP contribution in [0.2, 0.25) is 0 Å². The van der Waals surface area contributed by atoms with Crippen LogP contribution in [0.5, 0.6) is 0 Å². The van der Waals surface area contributed by atoms with Gasteiger partial charge in [0.1, 0.15) is 0 Å². The van der Waals surface area contributed by atoms with Gasteiger partial charge in [-0.05, 0) is 0 Å². The first-order valence-corrected chi connectivity index (χ1v) is 5.71. The van der Waals surface area contributed by atoms with Crippen LogP contribution in [0.25, 0.3) is 0 Å². The summed E-state index contributed by atoms with van der Waals surface area (Å²) in [6.45, 7) is 0. The summed E-state index contributed by atoms with van der Waals surface area (Å²) in [5.74, 6) is 0. The predicted octanol–water partition coefficient (Wildman–Crippen LogP) is 0.0932. The Morgan fingerprint density at radius 3 is 0.667 bits per heavy atom. The summed E-state index contributed by atoms with van der Waals surface area (Å²) in [4.78, 5) is 6.19. The average Bonchev–Trinajstić information content (AvgIpc) is 2.26. The van der Waals surface area contributed by atoms with Crippen molar-refractivity contribution in [3.05, 3.63) is 0 Å². The minimum Gasteiger partial charge on any atom is 0 e. The van der Waals surface area contributed by atoms with Gasteiger partial charge >= 0.3 is 72.1 Å². The van der Waals surface area contributed by atoms with Crippen LogP contribution in [0.1, 0.15) is 0 Å². The molecule has 0 heterocycles. The summed E-state index contributed by atoms with van der Waals surface area (Å²) in [6, 6.07) is 0. The Balaban J connectivity index is -0.000000720. The minimum absolute atomic E-state index is 0. The van der Waals surface area contributed by atoms with Crippen LogP contribution in [-0.4, -0.2) is 0 Å². The zero-order chi connectivity index (χ0) is 10.7. The first kappa shape index (κ1) is 19.1. The van der Waals surface area contributed by atoms with E-state index in [1.807, 2.05) is 0 Å². The van der Waals surface area contributed by atoms with E-state index in [9.17, 15) is 0 Å². The van der Waals surface area contributed by atoms with Crippen molar-refractivity contribution in [1.82, 2.24) is 0 Å². The smallest absolute Gasteiger partial charge is 0 e. The first-order chi connectivity index (χ1) is 5.97. The van der Waals surface area contributed by atoms with Crippen LogP contribution < -0.4 is 0 Å². The van der Waals surface area contributed by atoms with Gasteiger partial charge in [0, 0.05) is 33.6 Å². The van der Waals surface area contributed by atoms with Gasteiger partial charge in [-0.1, -0.05) is 0 Å². The number of hydrogen-bond acceptors (Lipinski definition) is 6. The summed E-state index contributed by atoms with van der Waals surface area (Å²) >= 11 is 0. The molecule has 0 aliphatic heterocycles. The molecule has 0 fully saturated rings. The van der Waals surface area contributed by atoms with Crippen molar-refractivity contribution in [2.24, 2.45) is 0 Å². The molecule has 0 unspecified atom stereocenters. The van der Waals surface area contributed by atoms with E-state index < -0.39 is 10.7 Å². The summed E-state index contributed by atoms with van der Waals surface area (Å²) < 4.78 is 0. The van der Waals surface area contributed by atoms with Gasteiger partial charge in [0.05, 0.1) is 0 Å². The molecule has 15 heavy (non-hydrogen) atoms. The summed E-state index contributed by atoms with van der Waals surface area (Å²) in [5.41, 5.74) is 0. The molecule has 6 nitrogen and oxygen atoms in total. The molecule has 0 aliphatic rings. The van der Waals surface area contributed by atoms with Crippen molar-refractivity contribution in [2.45, 2.75) is 0 Å². The molecule has 1 radical (unpaired) electrons. The van der Waals surface area contributed by atoms with Gasteiger partial charge < -0.3 is 0 Å². The van der Waals surface area contributed by atoms with Crippen LogP contribution >= 0.6 is 0 Å². The monoisotopic (exact) mass is 333 g/mol. The molecular weight excluding hydrogens is 334 g/mol. The molecule has 0 amide bonds. The second-order valence-corrected chi connectivity index (χ2v) is 7.42. The molecule has 0 aliphatic carbocycles. The van der Waals surface area contributed by atoms with Gasteiger partial charge in [-0.2, -0.15) is 0 Å². The Hall–Kier alpha value is -1.53. The predicted molar refractivity (Wildman–Crippen MR) is 33.7 cm³/mol. The Bertz CT molecular complexity index is 397. The minimum atomic E-state index is -6.17. The Labute approximate surface area is 105 Å². The molecule has 0 bridgehead atoms. The summed E-state index contributed by atoms with van der Waals surface area (Å²) in [7, 11) is -6.17. The average molecular weight is 334 g/mol. The third kappa shape index (κ3) is 1.69. The van der Waals surface area contributed by atoms with Gasteiger partial charge in [0.15, 0.2) is 0 Å². The van der Waals surface area contributed by atoms with E-state index in [0.717, 1.165) is 29.8 Å². The Kier molecular flexibility index (Phi) is 5.52. The second kappa shape index (κ2) is 4.33. The second-order valence-electron chi connectivity index (χ2n) is 1.80. The van der Waals surface area contributed by atoms with Gasteiger partial charge in [-0.15, -0.1) is 0 Å². The molecule has 0 saturated heterocycles. The Morgan fingerprint density at radius 2 is 0.667 bits per heavy atom. The molecule has 0 N–H and O–H groups in total. The molecule has 0 aromatic heterocycles. The maximum absolute atomic E-state index is 8.58. The molecule has 0 spiro atoms. The van der Waals surface area contributed by atoms with Crippen LogP contribution in [0, 0.1) is 61.4 Å². The van der Waals surface area contributed by atoms with E-state index in [4.69, 9.17) is 31.6 Å². The van der Waals surface area contributed by atoms with E-state index in [1.54, 1.807) is 0 Å². The van der Waals surface area contributed by atoms with Gasteiger partial charge in [0.2, 0.25) is 0 Å². The summed E-state index contributed by atoms with van der Waals surface area (Å²) in [5, 5.41) is 51.5. The molecule has 0 aromatic rings. The molecular formula is C6CuFeN6Ni. The quantitative estimate of drug-likeness (QED) is 0.574. The largest absolute Gasteiger partial charge is 0 e. The number of nitrogens with zero attached hydrogens (tertiary/aromatic N) is 6. The maximum Gasteiger partial charge on any atom is 0 e.